The van der Waals surface area contributed by atoms with Gasteiger partial charge in [0.1, 0.15) is 0 Å². The molecule has 0 aliphatic rings. The predicted molar refractivity (Wildman–Crippen MR) is 102 cm³/mol. The van der Waals surface area contributed by atoms with Gasteiger partial charge in [0.25, 0.3) is 0 Å². The third-order valence-electron chi connectivity index (χ3n) is 3.83. The number of carbonyl (C=O) groups excluding carboxylic acids is 1. The van der Waals surface area contributed by atoms with Gasteiger partial charge in [-0.25, -0.2) is 8.42 Å². The van der Waals surface area contributed by atoms with Crippen molar-refractivity contribution < 1.29 is 13.2 Å². The van der Waals surface area contributed by atoms with Crippen molar-refractivity contribution in [3.63, 3.8) is 0 Å². The van der Waals surface area contributed by atoms with Crippen molar-refractivity contribution in [3.8, 4) is 0 Å². The second-order valence-electron chi connectivity index (χ2n) is 6.21. The fraction of sp³-hybridized carbons (Fsp3) is 0.316. The SMILES string of the molecule is CC(C)c1ccccc1N(CCC(=O)Nc1ccccc1)S(C)(=O)=O. The van der Waals surface area contributed by atoms with Crippen molar-refractivity contribution in [2.45, 2.75) is 26.2 Å². The molecular formula is C19H24N2O3S. The summed E-state index contributed by atoms with van der Waals surface area (Å²) in [6, 6.07) is 16.5. The maximum absolute atomic E-state index is 12.3. The van der Waals surface area contributed by atoms with Crippen LogP contribution in [-0.2, 0) is 14.8 Å². The lowest BCUT2D eigenvalue weighted by atomic mass is 10.0. The van der Waals surface area contributed by atoms with E-state index in [4.69, 9.17) is 0 Å². The van der Waals surface area contributed by atoms with Gasteiger partial charge in [-0.2, -0.15) is 0 Å². The Hall–Kier alpha value is -2.34. The van der Waals surface area contributed by atoms with Crippen molar-refractivity contribution in [1.29, 1.82) is 0 Å². The quantitative estimate of drug-likeness (QED) is 0.820. The fourth-order valence-electron chi connectivity index (χ4n) is 2.62. The smallest absolute Gasteiger partial charge is 0.232 e. The van der Waals surface area contributed by atoms with E-state index >= 15 is 0 Å². The molecule has 2 aromatic carbocycles. The van der Waals surface area contributed by atoms with Crippen LogP contribution in [0.4, 0.5) is 11.4 Å². The average molecular weight is 360 g/mol. The molecule has 0 saturated carbocycles. The minimum Gasteiger partial charge on any atom is -0.326 e. The van der Waals surface area contributed by atoms with Crippen LogP contribution in [0.2, 0.25) is 0 Å². The molecule has 0 aliphatic carbocycles. The van der Waals surface area contributed by atoms with Gasteiger partial charge in [0.05, 0.1) is 11.9 Å². The molecule has 0 saturated heterocycles. The molecule has 5 nitrogen and oxygen atoms in total. The minimum absolute atomic E-state index is 0.0778. The van der Waals surface area contributed by atoms with Crippen LogP contribution in [0.1, 0.15) is 31.7 Å². The molecule has 0 radical (unpaired) electrons. The topological polar surface area (TPSA) is 66.5 Å². The number of carbonyl (C=O) groups is 1. The lowest BCUT2D eigenvalue weighted by molar-refractivity contribution is -0.116. The van der Waals surface area contributed by atoms with E-state index in [0.717, 1.165) is 5.56 Å². The van der Waals surface area contributed by atoms with E-state index in [2.05, 4.69) is 5.32 Å². The molecule has 0 aromatic heterocycles. The van der Waals surface area contributed by atoms with Crippen molar-refractivity contribution >= 4 is 27.3 Å². The Balaban J connectivity index is 2.16. The Bertz CT molecular complexity index is 818. The molecule has 25 heavy (non-hydrogen) atoms. The van der Waals surface area contributed by atoms with Crippen LogP contribution in [0.5, 0.6) is 0 Å². The van der Waals surface area contributed by atoms with Gasteiger partial charge in [-0.3, -0.25) is 9.10 Å². The molecular weight excluding hydrogens is 336 g/mol. The average Bonchev–Trinajstić information content (AvgIpc) is 2.55. The highest BCUT2D eigenvalue weighted by Gasteiger charge is 2.22. The first-order valence-electron chi connectivity index (χ1n) is 8.20. The summed E-state index contributed by atoms with van der Waals surface area (Å²) >= 11 is 0. The summed E-state index contributed by atoms with van der Waals surface area (Å²) in [5.74, 6) is -0.0412. The lowest BCUT2D eigenvalue weighted by Crippen LogP contribution is -2.33. The van der Waals surface area contributed by atoms with Crippen molar-refractivity contribution in [3.05, 3.63) is 60.2 Å². The molecule has 2 rings (SSSR count). The molecule has 0 heterocycles. The monoisotopic (exact) mass is 360 g/mol. The number of para-hydroxylation sites is 2. The van der Waals surface area contributed by atoms with E-state index in [1.54, 1.807) is 18.2 Å². The predicted octanol–water partition coefficient (Wildman–Crippen LogP) is 3.60. The second kappa shape index (κ2) is 8.16. The maximum Gasteiger partial charge on any atom is 0.232 e. The zero-order valence-electron chi connectivity index (χ0n) is 14.8. The van der Waals surface area contributed by atoms with Crippen molar-refractivity contribution in [2.75, 3.05) is 22.4 Å². The number of amides is 1. The highest BCUT2D eigenvalue weighted by molar-refractivity contribution is 7.92. The first-order valence-corrected chi connectivity index (χ1v) is 10.1. The summed E-state index contributed by atoms with van der Waals surface area (Å²) in [4.78, 5) is 12.2. The first kappa shape index (κ1) is 19.0. The standard InChI is InChI=1S/C19H24N2O3S/c1-15(2)17-11-7-8-12-18(17)21(25(3,23)24)14-13-19(22)20-16-9-5-4-6-10-16/h4-12,15H,13-14H2,1-3H3,(H,20,22). The van der Waals surface area contributed by atoms with Crippen LogP contribution in [-0.4, -0.2) is 27.1 Å². The van der Waals surface area contributed by atoms with Gasteiger partial charge in [0.2, 0.25) is 15.9 Å². The van der Waals surface area contributed by atoms with Crippen molar-refractivity contribution in [2.24, 2.45) is 0 Å². The number of hydrogen-bond acceptors (Lipinski definition) is 3. The second-order valence-corrected chi connectivity index (χ2v) is 8.12. The largest absolute Gasteiger partial charge is 0.326 e. The molecule has 0 spiro atoms. The first-order chi connectivity index (χ1) is 11.8. The Morgan fingerprint density at radius 2 is 1.64 bits per heavy atom. The molecule has 1 amide bonds. The highest BCUT2D eigenvalue weighted by atomic mass is 32.2. The number of benzene rings is 2. The van der Waals surface area contributed by atoms with Gasteiger partial charge in [-0.1, -0.05) is 50.2 Å². The summed E-state index contributed by atoms with van der Waals surface area (Å²) in [5, 5.41) is 2.78. The normalized spacial score (nSPS) is 11.4. The zero-order valence-corrected chi connectivity index (χ0v) is 15.6. The summed E-state index contributed by atoms with van der Waals surface area (Å²) < 4.78 is 25.9. The fourth-order valence-corrected chi connectivity index (χ4v) is 3.56. The Kier molecular flexibility index (Phi) is 6.20. The van der Waals surface area contributed by atoms with E-state index < -0.39 is 10.0 Å². The Morgan fingerprint density at radius 3 is 2.24 bits per heavy atom. The van der Waals surface area contributed by atoms with E-state index in [-0.39, 0.29) is 24.8 Å². The van der Waals surface area contributed by atoms with Gasteiger partial charge < -0.3 is 5.32 Å². The molecule has 1 N–H and O–H groups in total. The molecule has 0 unspecified atom stereocenters. The van der Waals surface area contributed by atoms with Gasteiger partial charge in [0.15, 0.2) is 0 Å². The van der Waals surface area contributed by atoms with Gasteiger partial charge in [0, 0.05) is 18.7 Å². The van der Waals surface area contributed by atoms with E-state index in [1.165, 1.54) is 10.6 Å². The number of sulfonamides is 1. The van der Waals surface area contributed by atoms with Crippen LogP contribution >= 0.6 is 0 Å². The number of rotatable bonds is 7. The number of anilines is 2. The molecule has 2 aromatic rings. The summed E-state index contributed by atoms with van der Waals surface area (Å²) in [7, 11) is -3.49. The number of nitrogens with one attached hydrogen (secondary N) is 1. The zero-order chi connectivity index (χ0) is 18.4. The molecule has 0 fully saturated rings. The molecule has 134 valence electrons. The van der Waals surface area contributed by atoms with Crippen LogP contribution < -0.4 is 9.62 Å². The molecule has 0 aliphatic heterocycles. The van der Waals surface area contributed by atoms with Gasteiger partial charge in [-0.05, 0) is 29.7 Å². The van der Waals surface area contributed by atoms with Crippen molar-refractivity contribution in [1.82, 2.24) is 0 Å². The molecule has 6 heteroatoms. The third-order valence-corrected chi connectivity index (χ3v) is 5.01. The van der Waals surface area contributed by atoms with Crippen LogP contribution in [0, 0.1) is 0 Å². The minimum atomic E-state index is -3.49. The van der Waals surface area contributed by atoms with Crippen LogP contribution in [0.25, 0.3) is 0 Å². The van der Waals surface area contributed by atoms with E-state index in [1.807, 2.05) is 50.2 Å². The molecule has 0 atom stereocenters. The van der Waals surface area contributed by atoms with Crippen LogP contribution in [0.3, 0.4) is 0 Å². The number of hydrogen-bond donors (Lipinski definition) is 1. The maximum atomic E-state index is 12.3. The van der Waals surface area contributed by atoms with E-state index in [9.17, 15) is 13.2 Å². The third kappa shape index (κ3) is 5.32. The molecule has 0 bridgehead atoms. The highest BCUT2D eigenvalue weighted by Crippen LogP contribution is 2.29. The lowest BCUT2D eigenvalue weighted by Gasteiger charge is -2.26. The van der Waals surface area contributed by atoms with Crippen LogP contribution in [0.15, 0.2) is 54.6 Å². The Labute approximate surface area is 149 Å². The summed E-state index contributed by atoms with van der Waals surface area (Å²) in [6.45, 7) is 4.13. The van der Waals surface area contributed by atoms with E-state index in [0.29, 0.717) is 11.4 Å². The van der Waals surface area contributed by atoms with Gasteiger partial charge >= 0.3 is 0 Å². The summed E-state index contributed by atoms with van der Waals surface area (Å²) in [6.07, 6.45) is 1.24. The Morgan fingerprint density at radius 1 is 1.04 bits per heavy atom. The van der Waals surface area contributed by atoms with Gasteiger partial charge in [-0.15, -0.1) is 0 Å². The summed E-state index contributed by atoms with van der Waals surface area (Å²) in [5.41, 5.74) is 2.27. The number of nitrogens with zero attached hydrogens (tertiary/aromatic N) is 1.